The summed E-state index contributed by atoms with van der Waals surface area (Å²) in [5.41, 5.74) is 0. The molecule has 0 saturated carbocycles. The molecule has 100 valence electrons. The normalized spacial score (nSPS) is 10.9. The highest BCUT2D eigenvalue weighted by molar-refractivity contribution is 7.99. The summed E-state index contributed by atoms with van der Waals surface area (Å²) in [6.45, 7) is 0. The van der Waals surface area contributed by atoms with E-state index < -0.39 is 0 Å². The zero-order valence-electron chi connectivity index (χ0n) is 9.98. The van der Waals surface area contributed by atoms with Gasteiger partial charge in [-0.05, 0) is 18.2 Å². The van der Waals surface area contributed by atoms with Crippen molar-refractivity contribution in [3.8, 4) is 0 Å². The van der Waals surface area contributed by atoms with Crippen molar-refractivity contribution in [2.24, 2.45) is 0 Å². The van der Waals surface area contributed by atoms with Crippen LogP contribution in [0.25, 0.3) is 10.8 Å². The van der Waals surface area contributed by atoms with Crippen molar-refractivity contribution in [2.45, 2.75) is 9.92 Å². The first-order valence-electron chi connectivity index (χ1n) is 5.69. The smallest absolute Gasteiger partial charge is 0.142 e. The SMILES string of the molecule is Clc1ccc(Cl)c(Sc2nnc(Cl)c3ccccc23)c1. The van der Waals surface area contributed by atoms with E-state index in [1.807, 2.05) is 24.3 Å². The van der Waals surface area contributed by atoms with E-state index in [0.717, 1.165) is 20.7 Å². The van der Waals surface area contributed by atoms with Crippen molar-refractivity contribution in [3.63, 3.8) is 0 Å². The second kappa shape index (κ2) is 5.78. The van der Waals surface area contributed by atoms with Gasteiger partial charge in [0.2, 0.25) is 0 Å². The molecule has 0 aliphatic rings. The van der Waals surface area contributed by atoms with Crippen LogP contribution in [0, 0.1) is 0 Å². The molecule has 0 atom stereocenters. The van der Waals surface area contributed by atoms with Crippen molar-refractivity contribution in [1.82, 2.24) is 10.2 Å². The summed E-state index contributed by atoms with van der Waals surface area (Å²) in [5, 5.41) is 12.3. The monoisotopic (exact) mass is 340 g/mol. The Morgan fingerprint density at radius 3 is 2.40 bits per heavy atom. The molecule has 20 heavy (non-hydrogen) atoms. The summed E-state index contributed by atoms with van der Waals surface area (Å²) in [7, 11) is 0. The lowest BCUT2D eigenvalue weighted by molar-refractivity contribution is 0.956. The van der Waals surface area contributed by atoms with Gasteiger partial charge in [0.1, 0.15) is 5.03 Å². The Bertz CT molecular complexity index is 792. The van der Waals surface area contributed by atoms with Gasteiger partial charge in [-0.2, -0.15) is 0 Å². The zero-order chi connectivity index (χ0) is 14.1. The molecule has 0 N–H and O–H groups in total. The first-order valence-corrected chi connectivity index (χ1v) is 7.64. The zero-order valence-corrected chi connectivity index (χ0v) is 13.1. The molecule has 0 spiro atoms. The fraction of sp³-hybridized carbons (Fsp3) is 0. The lowest BCUT2D eigenvalue weighted by atomic mass is 10.2. The van der Waals surface area contributed by atoms with Crippen LogP contribution >= 0.6 is 46.6 Å². The number of halogens is 3. The molecule has 6 heteroatoms. The summed E-state index contributed by atoms with van der Waals surface area (Å²) in [4.78, 5) is 0.834. The number of benzene rings is 2. The van der Waals surface area contributed by atoms with Gasteiger partial charge in [-0.15, -0.1) is 10.2 Å². The molecule has 3 rings (SSSR count). The van der Waals surface area contributed by atoms with E-state index in [2.05, 4.69) is 10.2 Å². The van der Waals surface area contributed by atoms with Crippen LogP contribution in [0.4, 0.5) is 0 Å². The van der Waals surface area contributed by atoms with Crippen LogP contribution in [-0.2, 0) is 0 Å². The molecule has 3 aromatic rings. The van der Waals surface area contributed by atoms with Crippen LogP contribution in [0.1, 0.15) is 0 Å². The van der Waals surface area contributed by atoms with Gasteiger partial charge >= 0.3 is 0 Å². The van der Waals surface area contributed by atoms with E-state index in [4.69, 9.17) is 34.8 Å². The summed E-state index contributed by atoms with van der Waals surface area (Å²) < 4.78 is 0. The van der Waals surface area contributed by atoms with Crippen molar-refractivity contribution in [1.29, 1.82) is 0 Å². The number of nitrogens with zero attached hydrogens (tertiary/aromatic N) is 2. The minimum Gasteiger partial charge on any atom is -0.142 e. The third-order valence-electron chi connectivity index (χ3n) is 2.71. The average molecular weight is 342 g/mol. The Labute approximate surface area is 135 Å². The second-order valence-corrected chi connectivity index (χ2v) is 6.25. The quantitative estimate of drug-likeness (QED) is 0.594. The lowest BCUT2D eigenvalue weighted by Crippen LogP contribution is -1.89. The molecule has 2 nitrogen and oxygen atoms in total. The number of rotatable bonds is 2. The Kier molecular flexibility index (Phi) is 4.03. The van der Waals surface area contributed by atoms with E-state index in [1.165, 1.54) is 11.8 Å². The van der Waals surface area contributed by atoms with E-state index in [-0.39, 0.29) is 0 Å². The molecule has 0 bridgehead atoms. The van der Waals surface area contributed by atoms with Crippen LogP contribution in [0.3, 0.4) is 0 Å². The highest BCUT2D eigenvalue weighted by Crippen LogP contribution is 2.37. The van der Waals surface area contributed by atoms with Gasteiger partial charge in [0, 0.05) is 20.7 Å². The number of hydrogen-bond donors (Lipinski definition) is 0. The molecule has 0 aliphatic heterocycles. The van der Waals surface area contributed by atoms with Crippen LogP contribution in [-0.4, -0.2) is 10.2 Å². The fourth-order valence-corrected chi connectivity index (χ4v) is 3.38. The largest absolute Gasteiger partial charge is 0.159 e. The Hall–Kier alpha value is -1.00. The highest BCUT2D eigenvalue weighted by Gasteiger charge is 2.11. The van der Waals surface area contributed by atoms with E-state index >= 15 is 0 Å². The van der Waals surface area contributed by atoms with E-state index in [0.29, 0.717) is 15.2 Å². The van der Waals surface area contributed by atoms with E-state index in [9.17, 15) is 0 Å². The van der Waals surface area contributed by atoms with Crippen LogP contribution in [0.15, 0.2) is 52.4 Å². The highest BCUT2D eigenvalue weighted by atomic mass is 35.5. The van der Waals surface area contributed by atoms with Crippen molar-refractivity contribution in [2.75, 3.05) is 0 Å². The maximum absolute atomic E-state index is 6.17. The third kappa shape index (κ3) is 2.72. The molecule has 0 amide bonds. The van der Waals surface area contributed by atoms with Crippen molar-refractivity contribution < 1.29 is 0 Å². The summed E-state index contributed by atoms with van der Waals surface area (Å²) in [6, 6.07) is 13.0. The van der Waals surface area contributed by atoms with Gasteiger partial charge in [0.15, 0.2) is 5.15 Å². The summed E-state index contributed by atoms with van der Waals surface area (Å²) in [6.07, 6.45) is 0. The Morgan fingerprint density at radius 2 is 1.60 bits per heavy atom. The first-order chi connectivity index (χ1) is 9.65. The summed E-state index contributed by atoms with van der Waals surface area (Å²) >= 11 is 19.6. The van der Waals surface area contributed by atoms with Gasteiger partial charge in [0.25, 0.3) is 0 Å². The Balaban J connectivity index is 2.11. The van der Waals surface area contributed by atoms with Crippen molar-refractivity contribution >= 4 is 57.3 Å². The minimum atomic E-state index is 0.391. The molecule has 0 unspecified atom stereocenters. The van der Waals surface area contributed by atoms with Crippen molar-refractivity contribution in [3.05, 3.63) is 57.7 Å². The van der Waals surface area contributed by atoms with Gasteiger partial charge in [-0.1, -0.05) is 70.8 Å². The molecule has 0 radical (unpaired) electrons. The molecule has 1 heterocycles. The predicted octanol–water partition coefficient (Wildman–Crippen LogP) is 5.74. The van der Waals surface area contributed by atoms with Gasteiger partial charge in [-0.3, -0.25) is 0 Å². The lowest BCUT2D eigenvalue weighted by Gasteiger charge is -2.07. The molecule has 0 aliphatic carbocycles. The maximum Gasteiger partial charge on any atom is 0.159 e. The van der Waals surface area contributed by atoms with E-state index in [1.54, 1.807) is 18.2 Å². The second-order valence-electron chi connectivity index (χ2n) is 4.02. The van der Waals surface area contributed by atoms with Gasteiger partial charge < -0.3 is 0 Å². The third-order valence-corrected chi connectivity index (χ3v) is 4.72. The molecule has 1 aromatic heterocycles. The number of hydrogen-bond acceptors (Lipinski definition) is 3. The molecular formula is C14H7Cl3N2S. The number of fused-ring (bicyclic) bond motifs is 1. The minimum absolute atomic E-state index is 0.391. The standard InChI is InChI=1S/C14H7Cl3N2S/c15-8-5-6-11(16)12(7-8)20-14-10-4-2-1-3-9(10)13(17)18-19-14/h1-7H. The van der Waals surface area contributed by atoms with Gasteiger partial charge in [-0.25, -0.2) is 0 Å². The number of aromatic nitrogens is 2. The fourth-order valence-electron chi connectivity index (χ4n) is 1.78. The predicted molar refractivity (Wildman–Crippen MR) is 85.1 cm³/mol. The molecular weight excluding hydrogens is 335 g/mol. The van der Waals surface area contributed by atoms with Crippen LogP contribution in [0.5, 0.6) is 0 Å². The van der Waals surface area contributed by atoms with Crippen LogP contribution in [0.2, 0.25) is 15.2 Å². The van der Waals surface area contributed by atoms with Crippen LogP contribution < -0.4 is 0 Å². The first kappa shape index (κ1) is 14.0. The topological polar surface area (TPSA) is 25.8 Å². The molecule has 0 saturated heterocycles. The molecule has 2 aromatic carbocycles. The molecule has 0 fully saturated rings. The Morgan fingerprint density at radius 1 is 0.850 bits per heavy atom. The average Bonchev–Trinajstić information content (AvgIpc) is 2.46. The summed E-state index contributed by atoms with van der Waals surface area (Å²) in [5.74, 6) is 0. The maximum atomic E-state index is 6.17. The van der Waals surface area contributed by atoms with Gasteiger partial charge in [0.05, 0.1) is 5.02 Å².